The standard InChI is InChI=1S/C20H26O9/c1-7-25-16(21)12-10-11-13(28-19(24)29-20(4,5)6)15(18(23)27-9-3)14(12)17(22)26-8-2/h10-11H,7-9H2,1-6H3. The summed E-state index contributed by atoms with van der Waals surface area (Å²) in [6.45, 7) is 9.63. The van der Waals surface area contributed by atoms with E-state index in [9.17, 15) is 19.2 Å². The first-order valence-corrected chi connectivity index (χ1v) is 9.14. The Morgan fingerprint density at radius 3 is 1.72 bits per heavy atom. The van der Waals surface area contributed by atoms with Gasteiger partial charge in [-0.05, 0) is 53.7 Å². The Morgan fingerprint density at radius 1 is 0.759 bits per heavy atom. The molecule has 0 atom stereocenters. The van der Waals surface area contributed by atoms with Crippen LogP contribution in [0.15, 0.2) is 12.1 Å². The van der Waals surface area contributed by atoms with E-state index in [0.717, 1.165) is 0 Å². The van der Waals surface area contributed by atoms with Gasteiger partial charge in [-0.25, -0.2) is 19.2 Å². The van der Waals surface area contributed by atoms with Gasteiger partial charge in [-0.15, -0.1) is 0 Å². The second-order valence-electron chi connectivity index (χ2n) is 6.59. The van der Waals surface area contributed by atoms with Crippen LogP contribution in [-0.4, -0.2) is 49.5 Å². The van der Waals surface area contributed by atoms with Crippen LogP contribution in [0.5, 0.6) is 5.75 Å². The molecule has 29 heavy (non-hydrogen) atoms. The zero-order valence-electron chi connectivity index (χ0n) is 17.5. The van der Waals surface area contributed by atoms with Crippen LogP contribution in [0.2, 0.25) is 0 Å². The van der Waals surface area contributed by atoms with E-state index in [1.807, 2.05) is 0 Å². The quantitative estimate of drug-likeness (QED) is 0.378. The molecule has 9 nitrogen and oxygen atoms in total. The third-order valence-electron chi connectivity index (χ3n) is 3.20. The van der Waals surface area contributed by atoms with Crippen LogP contribution in [0, 0.1) is 0 Å². The smallest absolute Gasteiger partial charge is 0.462 e. The minimum Gasteiger partial charge on any atom is -0.462 e. The van der Waals surface area contributed by atoms with Crippen molar-refractivity contribution >= 4 is 24.1 Å². The normalized spacial score (nSPS) is 10.7. The number of hydrogen-bond acceptors (Lipinski definition) is 9. The molecule has 0 spiro atoms. The van der Waals surface area contributed by atoms with E-state index in [-0.39, 0.29) is 31.1 Å². The van der Waals surface area contributed by atoms with Gasteiger partial charge in [-0.3, -0.25) is 0 Å². The molecular weight excluding hydrogens is 384 g/mol. The molecule has 0 saturated heterocycles. The molecule has 0 radical (unpaired) electrons. The number of carbonyl (C=O) groups excluding carboxylic acids is 4. The molecule has 1 rings (SSSR count). The molecule has 1 aromatic carbocycles. The number of hydrogen-bond donors (Lipinski definition) is 0. The summed E-state index contributed by atoms with van der Waals surface area (Å²) in [7, 11) is 0. The van der Waals surface area contributed by atoms with Crippen LogP contribution in [0.4, 0.5) is 4.79 Å². The number of rotatable bonds is 7. The summed E-state index contributed by atoms with van der Waals surface area (Å²) in [6.07, 6.45) is -1.10. The van der Waals surface area contributed by atoms with E-state index in [4.69, 9.17) is 23.7 Å². The van der Waals surface area contributed by atoms with Gasteiger partial charge in [-0.1, -0.05) is 0 Å². The topological polar surface area (TPSA) is 114 Å². The fourth-order valence-corrected chi connectivity index (χ4v) is 2.23. The van der Waals surface area contributed by atoms with Crippen molar-refractivity contribution in [3.05, 3.63) is 28.8 Å². The zero-order chi connectivity index (χ0) is 22.2. The summed E-state index contributed by atoms with van der Waals surface area (Å²) < 4.78 is 25.1. The van der Waals surface area contributed by atoms with Crippen LogP contribution in [-0.2, 0) is 18.9 Å². The lowest BCUT2D eigenvalue weighted by Gasteiger charge is -2.20. The third kappa shape index (κ3) is 6.78. The Morgan fingerprint density at radius 2 is 1.24 bits per heavy atom. The molecular formula is C20H26O9. The Hall–Kier alpha value is -3.10. The summed E-state index contributed by atoms with van der Waals surface area (Å²) in [6, 6.07) is 2.39. The molecule has 0 fully saturated rings. The molecule has 0 bridgehead atoms. The molecule has 0 aliphatic rings. The van der Waals surface area contributed by atoms with Crippen molar-refractivity contribution in [3.8, 4) is 5.75 Å². The van der Waals surface area contributed by atoms with Gasteiger partial charge in [0.1, 0.15) is 16.9 Å². The predicted octanol–water partition coefficient (Wildman–Crippen LogP) is 3.53. The highest BCUT2D eigenvalue weighted by atomic mass is 16.7. The Balaban J connectivity index is 3.61. The number of ether oxygens (including phenoxy) is 5. The fraction of sp³-hybridized carbons (Fsp3) is 0.500. The van der Waals surface area contributed by atoms with Crippen molar-refractivity contribution in [1.29, 1.82) is 0 Å². The summed E-state index contributed by atoms with van der Waals surface area (Å²) in [5.41, 5.74) is -1.91. The van der Waals surface area contributed by atoms with Gasteiger partial charge >= 0.3 is 24.1 Å². The molecule has 160 valence electrons. The first kappa shape index (κ1) is 23.9. The fourth-order valence-electron chi connectivity index (χ4n) is 2.23. The average molecular weight is 410 g/mol. The summed E-state index contributed by atoms with van der Waals surface area (Å²) in [5, 5.41) is 0. The van der Waals surface area contributed by atoms with Gasteiger partial charge in [0.2, 0.25) is 0 Å². The molecule has 0 N–H and O–H groups in total. The molecule has 0 aliphatic heterocycles. The van der Waals surface area contributed by atoms with E-state index in [0.29, 0.717) is 0 Å². The van der Waals surface area contributed by atoms with E-state index in [2.05, 4.69) is 0 Å². The van der Waals surface area contributed by atoms with Crippen LogP contribution >= 0.6 is 0 Å². The van der Waals surface area contributed by atoms with Gasteiger partial charge in [0.05, 0.1) is 30.9 Å². The molecule has 9 heteroatoms. The lowest BCUT2D eigenvalue weighted by molar-refractivity contribution is 0.0200. The third-order valence-corrected chi connectivity index (χ3v) is 3.20. The maximum Gasteiger partial charge on any atom is 0.514 e. The highest BCUT2D eigenvalue weighted by molar-refractivity contribution is 6.12. The molecule has 0 aliphatic carbocycles. The second kappa shape index (κ2) is 10.4. The monoisotopic (exact) mass is 410 g/mol. The molecule has 1 aromatic rings. The van der Waals surface area contributed by atoms with Crippen LogP contribution in [0.25, 0.3) is 0 Å². The molecule has 0 unspecified atom stereocenters. The number of carbonyl (C=O) groups is 4. The Labute approximate surface area is 169 Å². The molecule has 0 heterocycles. The maximum absolute atomic E-state index is 12.6. The van der Waals surface area contributed by atoms with E-state index in [1.54, 1.807) is 41.5 Å². The highest BCUT2D eigenvalue weighted by Gasteiger charge is 2.32. The summed E-state index contributed by atoms with van der Waals surface area (Å²) in [4.78, 5) is 49.5. The SMILES string of the molecule is CCOC(=O)c1ccc(OC(=O)OC(C)(C)C)c(C(=O)OCC)c1C(=O)OCC. The van der Waals surface area contributed by atoms with Crippen LogP contribution in [0.1, 0.15) is 72.6 Å². The van der Waals surface area contributed by atoms with Crippen molar-refractivity contribution in [1.82, 2.24) is 0 Å². The van der Waals surface area contributed by atoms with Crippen molar-refractivity contribution in [3.63, 3.8) is 0 Å². The first-order chi connectivity index (χ1) is 13.6. The Bertz CT molecular complexity index is 775. The van der Waals surface area contributed by atoms with Crippen LogP contribution < -0.4 is 4.74 Å². The van der Waals surface area contributed by atoms with Crippen molar-refractivity contribution in [2.45, 2.75) is 47.1 Å². The highest BCUT2D eigenvalue weighted by Crippen LogP contribution is 2.29. The minimum absolute atomic E-state index is 0.0134. The van der Waals surface area contributed by atoms with E-state index < -0.39 is 40.8 Å². The minimum atomic E-state index is -1.10. The molecule has 0 aromatic heterocycles. The summed E-state index contributed by atoms with van der Waals surface area (Å²) >= 11 is 0. The number of benzene rings is 1. The lowest BCUT2D eigenvalue weighted by atomic mass is 9.99. The van der Waals surface area contributed by atoms with Gasteiger partial charge in [0.15, 0.2) is 0 Å². The first-order valence-electron chi connectivity index (χ1n) is 9.14. The van der Waals surface area contributed by atoms with Crippen LogP contribution in [0.3, 0.4) is 0 Å². The largest absolute Gasteiger partial charge is 0.514 e. The number of esters is 3. The van der Waals surface area contributed by atoms with Gasteiger partial charge in [0, 0.05) is 0 Å². The maximum atomic E-state index is 12.6. The molecule has 0 amide bonds. The molecule has 0 saturated carbocycles. The van der Waals surface area contributed by atoms with E-state index in [1.165, 1.54) is 12.1 Å². The summed E-state index contributed by atoms with van der Waals surface area (Å²) in [5.74, 6) is -3.09. The van der Waals surface area contributed by atoms with Gasteiger partial charge in [0.25, 0.3) is 0 Å². The van der Waals surface area contributed by atoms with Gasteiger partial charge < -0.3 is 23.7 Å². The van der Waals surface area contributed by atoms with Crippen molar-refractivity contribution in [2.75, 3.05) is 19.8 Å². The van der Waals surface area contributed by atoms with E-state index >= 15 is 0 Å². The van der Waals surface area contributed by atoms with Gasteiger partial charge in [-0.2, -0.15) is 0 Å². The average Bonchev–Trinajstić information content (AvgIpc) is 2.60. The Kier molecular flexibility index (Phi) is 8.62. The lowest BCUT2D eigenvalue weighted by Crippen LogP contribution is -2.27. The van der Waals surface area contributed by atoms with Crippen molar-refractivity contribution in [2.24, 2.45) is 0 Å². The van der Waals surface area contributed by atoms with Crippen molar-refractivity contribution < 1.29 is 42.9 Å². The predicted molar refractivity (Wildman–Crippen MR) is 101 cm³/mol. The zero-order valence-corrected chi connectivity index (χ0v) is 17.5. The second-order valence-corrected chi connectivity index (χ2v) is 6.59.